The van der Waals surface area contributed by atoms with E-state index in [-0.39, 0.29) is 23.4 Å². The van der Waals surface area contributed by atoms with Crippen molar-refractivity contribution in [3.63, 3.8) is 0 Å². The number of non-ortho nitro benzene ring substituents is 1. The molecule has 5 rings (SSSR count). The standard InChI is InChI=1S/C25H19N3O6/c29-23(15-5-3-6-17(13-15)28(32)33)21-22(20-9-4-12-34-20)27(25(31)24(21)30)11-10-16-14-26-19-8-2-1-7-18(16)19/h1-9,12-14,22,26,29H,10-11H2/b23-21-. The van der Waals surface area contributed by atoms with E-state index < -0.39 is 28.4 Å². The minimum Gasteiger partial charge on any atom is -0.507 e. The number of hydrogen-bond donors (Lipinski definition) is 2. The Hall–Kier alpha value is -4.66. The van der Waals surface area contributed by atoms with E-state index in [0.717, 1.165) is 22.5 Å². The topological polar surface area (TPSA) is 130 Å². The largest absolute Gasteiger partial charge is 0.507 e. The number of nitrogens with zero attached hydrogens (tertiary/aromatic N) is 2. The lowest BCUT2D eigenvalue weighted by Gasteiger charge is -2.23. The fourth-order valence-electron chi connectivity index (χ4n) is 4.35. The van der Waals surface area contributed by atoms with Crippen molar-refractivity contribution in [3.8, 4) is 0 Å². The number of nitro groups is 1. The van der Waals surface area contributed by atoms with Crippen molar-refractivity contribution in [2.75, 3.05) is 6.54 Å². The summed E-state index contributed by atoms with van der Waals surface area (Å²) in [6, 6.07) is 15.4. The van der Waals surface area contributed by atoms with Crippen molar-refractivity contribution in [1.29, 1.82) is 0 Å². The molecule has 1 saturated heterocycles. The summed E-state index contributed by atoms with van der Waals surface area (Å²) in [5.41, 5.74) is 1.61. The molecular weight excluding hydrogens is 438 g/mol. The van der Waals surface area contributed by atoms with Crippen LogP contribution in [0.1, 0.15) is 22.9 Å². The molecule has 170 valence electrons. The number of para-hydroxylation sites is 1. The minimum absolute atomic E-state index is 0.0698. The zero-order valence-electron chi connectivity index (χ0n) is 17.8. The summed E-state index contributed by atoms with van der Waals surface area (Å²) in [6.45, 7) is 0.198. The number of amides is 1. The van der Waals surface area contributed by atoms with Gasteiger partial charge in [0.2, 0.25) is 0 Å². The van der Waals surface area contributed by atoms with Crippen molar-refractivity contribution in [2.24, 2.45) is 0 Å². The summed E-state index contributed by atoms with van der Waals surface area (Å²) in [4.78, 5) is 41.2. The zero-order valence-corrected chi connectivity index (χ0v) is 17.8. The molecule has 1 atom stereocenters. The molecule has 2 aromatic heterocycles. The number of aromatic amines is 1. The zero-order chi connectivity index (χ0) is 23.8. The molecule has 0 aliphatic carbocycles. The number of Topliss-reactive ketones (excluding diaryl/α,β-unsaturated/α-hetero) is 1. The van der Waals surface area contributed by atoms with Crippen LogP contribution in [0.5, 0.6) is 0 Å². The number of aliphatic hydroxyl groups excluding tert-OH is 1. The van der Waals surface area contributed by atoms with Gasteiger partial charge in [0.15, 0.2) is 0 Å². The summed E-state index contributed by atoms with van der Waals surface area (Å²) >= 11 is 0. The average Bonchev–Trinajstić information content (AvgIpc) is 3.57. The van der Waals surface area contributed by atoms with Gasteiger partial charge in [0, 0.05) is 41.3 Å². The van der Waals surface area contributed by atoms with Crippen LogP contribution in [0.2, 0.25) is 0 Å². The van der Waals surface area contributed by atoms with Crippen molar-refractivity contribution < 1.29 is 24.0 Å². The molecule has 2 N–H and O–H groups in total. The van der Waals surface area contributed by atoms with Crippen LogP contribution in [0, 0.1) is 10.1 Å². The lowest BCUT2D eigenvalue weighted by atomic mass is 9.99. The number of aromatic nitrogens is 1. The van der Waals surface area contributed by atoms with Gasteiger partial charge in [-0.1, -0.05) is 30.3 Å². The maximum atomic E-state index is 13.0. The van der Waals surface area contributed by atoms with Gasteiger partial charge in [-0.25, -0.2) is 0 Å². The van der Waals surface area contributed by atoms with Crippen LogP contribution in [0.3, 0.4) is 0 Å². The van der Waals surface area contributed by atoms with E-state index in [4.69, 9.17) is 4.42 Å². The molecule has 34 heavy (non-hydrogen) atoms. The van der Waals surface area contributed by atoms with Crippen LogP contribution < -0.4 is 0 Å². The third-order valence-corrected chi connectivity index (χ3v) is 5.98. The minimum atomic E-state index is -0.959. The number of benzene rings is 2. The van der Waals surface area contributed by atoms with Gasteiger partial charge < -0.3 is 19.4 Å². The van der Waals surface area contributed by atoms with E-state index in [9.17, 15) is 24.8 Å². The number of nitrogens with one attached hydrogen (secondary N) is 1. The SMILES string of the molecule is O=C1C(=O)N(CCc2c[nH]c3ccccc23)C(c2ccco2)/C1=C(/O)c1cccc([N+](=O)[O-])c1. The molecule has 0 saturated carbocycles. The van der Waals surface area contributed by atoms with Crippen LogP contribution in [0.4, 0.5) is 5.69 Å². The summed E-state index contributed by atoms with van der Waals surface area (Å²) in [6.07, 6.45) is 3.75. The number of likely N-dealkylation sites (tertiary alicyclic amines) is 1. The number of carbonyl (C=O) groups excluding carboxylic acids is 2. The molecule has 4 aromatic rings. The number of H-pyrrole nitrogens is 1. The maximum absolute atomic E-state index is 13.0. The van der Waals surface area contributed by atoms with Gasteiger partial charge in [0.05, 0.1) is 16.8 Å². The molecule has 0 spiro atoms. The van der Waals surface area contributed by atoms with E-state index in [1.807, 2.05) is 30.5 Å². The van der Waals surface area contributed by atoms with Crippen LogP contribution in [-0.4, -0.2) is 38.1 Å². The monoisotopic (exact) mass is 457 g/mol. The van der Waals surface area contributed by atoms with Crippen LogP contribution in [0.15, 0.2) is 83.1 Å². The van der Waals surface area contributed by atoms with E-state index in [2.05, 4.69) is 4.98 Å². The molecule has 1 aliphatic rings. The van der Waals surface area contributed by atoms with Crippen molar-refractivity contribution >= 4 is 34.0 Å². The Kier molecular flexibility index (Phi) is 5.21. The van der Waals surface area contributed by atoms with Crippen LogP contribution in [-0.2, 0) is 16.0 Å². The highest BCUT2D eigenvalue weighted by molar-refractivity contribution is 6.46. The first kappa shape index (κ1) is 21.2. The van der Waals surface area contributed by atoms with E-state index >= 15 is 0 Å². The third kappa shape index (κ3) is 3.53. The molecule has 0 radical (unpaired) electrons. The number of fused-ring (bicyclic) bond motifs is 1. The summed E-state index contributed by atoms with van der Waals surface area (Å²) < 4.78 is 5.52. The number of aliphatic hydroxyl groups is 1. The van der Waals surface area contributed by atoms with Gasteiger partial charge in [-0.3, -0.25) is 19.7 Å². The quantitative estimate of drug-likeness (QED) is 0.146. The molecular formula is C25H19N3O6. The second-order valence-corrected chi connectivity index (χ2v) is 7.92. The fourth-order valence-corrected chi connectivity index (χ4v) is 4.35. The second-order valence-electron chi connectivity index (χ2n) is 7.92. The molecule has 1 amide bonds. The van der Waals surface area contributed by atoms with E-state index in [1.54, 1.807) is 12.1 Å². The lowest BCUT2D eigenvalue weighted by Crippen LogP contribution is -2.31. The summed E-state index contributed by atoms with van der Waals surface area (Å²) in [7, 11) is 0. The first-order valence-corrected chi connectivity index (χ1v) is 10.6. The second kappa shape index (κ2) is 8.36. The maximum Gasteiger partial charge on any atom is 0.295 e. The normalized spacial score (nSPS) is 17.5. The highest BCUT2D eigenvalue weighted by Gasteiger charge is 2.47. The predicted octanol–water partition coefficient (Wildman–Crippen LogP) is 4.33. The van der Waals surface area contributed by atoms with Gasteiger partial charge in [-0.15, -0.1) is 0 Å². The Balaban J connectivity index is 1.54. The average molecular weight is 457 g/mol. The predicted molar refractivity (Wildman–Crippen MR) is 123 cm³/mol. The molecule has 3 heterocycles. The smallest absolute Gasteiger partial charge is 0.295 e. The van der Waals surface area contributed by atoms with Gasteiger partial charge in [0.25, 0.3) is 17.4 Å². The Morgan fingerprint density at radius 3 is 2.71 bits per heavy atom. The van der Waals surface area contributed by atoms with Crippen molar-refractivity contribution in [2.45, 2.75) is 12.5 Å². The molecule has 1 aliphatic heterocycles. The Morgan fingerprint density at radius 2 is 1.94 bits per heavy atom. The number of ketones is 1. The van der Waals surface area contributed by atoms with E-state index in [1.165, 1.54) is 29.4 Å². The van der Waals surface area contributed by atoms with Gasteiger partial charge >= 0.3 is 0 Å². The summed E-state index contributed by atoms with van der Waals surface area (Å²) in [5, 5.41) is 23.2. The molecule has 1 fully saturated rings. The molecule has 1 unspecified atom stereocenters. The first-order chi connectivity index (χ1) is 16.5. The number of nitro benzene ring substituents is 1. The Morgan fingerprint density at radius 1 is 1.12 bits per heavy atom. The molecule has 9 nitrogen and oxygen atoms in total. The highest BCUT2D eigenvalue weighted by Crippen LogP contribution is 2.40. The number of carbonyl (C=O) groups is 2. The van der Waals surface area contributed by atoms with Gasteiger partial charge in [-0.05, 0) is 30.2 Å². The van der Waals surface area contributed by atoms with Crippen molar-refractivity contribution in [3.05, 3.63) is 106 Å². The molecule has 2 aromatic carbocycles. The van der Waals surface area contributed by atoms with Crippen LogP contribution >= 0.6 is 0 Å². The highest BCUT2D eigenvalue weighted by atomic mass is 16.6. The number of rotatable bonds is 6. The lowest BCUT2D eigenvalue weighted by molar-refractivity contribution is -0.384. The van der Waals surface area contributed by atoms with Gasteiger partial charge in [-0.2, -0.15) is 0 Å². The molecule has 9 heteroatoms. The van der Waals surface area contributed by atoms with Gasteiger partial charge in [0.1, 0.15) is 17.6 Å². The van der Waals surface area contributed by atoms with Crippen molar-refractivity contribution in [1.82, 2.24) is 9.88 Å². The number of furan rings is 1. The first-order valence-electron chi connectivity index (χ1n) is 10.6. The molecule has 0 bridgehead atoms. The third-order valence-electron chi connectivity index (χ3n) is 5.98. The Labute approximate surface area is 193 Å². The summed E-state index contributed by atoms with van der Waals surface area (Å²) in [5.74, 6) is -1.82. The van der Waals surface area contributed by atoms with Crippen LogP contribution in [0.25, 0.3) is 16.7 Å². The fraction of sp³-hybridized carbons (Fsp3) is 0.120. The number of hydrogen-bond acceptors (Lipinski definition) is 6. The Bertz CT molecular complexity index is 1450. The van der Waals surface area contributed by atoms with E-state index in [0.29, 0.717) is 12.2 Å².